The van der Waals surface area contributed by atoms with Gasteiger partial charge in [-0.05, 0) is 69.2 Å². The van der Waals surface area contributed by atoms with Crippen molar-refractivity contribution in [2.24, 2.45) is 0 Å². The third-order valence-electron chi connectivity index (χ3n) is 6.49. The Balaban J connectivity index is 1.63. The molecule has 0 radical (unpaired) electrons. The van der Waals surface area contributed by atoms with Gasteiger partial charge < -0.3 is 4.90 Å². The van der Waals surface area contributed by atoms with E-state index in [0.29, 0.717) is 0 Å². The summed E-state index contributed by atoms with van der Waals surface area (Å²) < 4.78 is 0. The Morgan fingerprint density at radius 1 is 0.531 bits per heavy atom. The van der Waals surface area contributed by atoms with Crippen molar-refractivity contribution in [3.63, 3.8) is 0 Å². The average molecular weight is 412 g/mol. The first-order valence-electron chi connectivity index (χ1n) is 11.4. The highest BCUT2D eigenvalue weighted by molar-refractivity contribution is 6.25. The fraction of sp³-hybridized carbons (Fsp3) is 0.0968. The van der Waals surface area contributed by atoms with Crippen molar-refractivity contribution in [3.8, 4) is 0 Å². The maximum absolute atomic E-state index is 2.39. The monoisotopic (exact) mass is 411 g/mol. The molecule has 0 spiro atoms. The summed E-state index contributed by atoms with van der Waals surface area (Å²) in [6.45, 7) is 2.23. The SMILES string of the molecule is CCCc1ccc(N(c2ccccc2)c2ccc3ccc4cccc5ccc2c3c45)cc1. The second kappa shape index (κ2) is 7.69. The van der Waals surface area contributed by atoms with Crippen molar-refractivity contribution in [2.45, 2.75) is 19.8 Å². The standard InChI is InChI=1S/C31H25N/c1-2-7-22-12-18-27(19-13-22)32(26-10-4-3-5-11-26)29-21-17-25-15-14-23-8-6-9-24-16-20-28(29)31(25)30(23)24/h3-6,8-21H,2,7H2,1H3. The minimum Gasteiger partial charge on any atom is -0.310 e. The van der Waals surface area contributed by atoms with E-state index in [4.69, 9.17) is 0 Å². The van der Waals surface area contributed by atoms with Crippen LogP contribution >= 0.6 is 0 Å². The first-order chi connectivity index (χ1) is 15.8. The molecule has 6 aromatic rings. The normalized spacial score (nSPS) is 11.5. The molecule has 0 heterocycles. The molecule has 0 amide bonds. The Kier molecular flexibility index (Phi) is 4.54. The summed E-state index contributed by atoms with van der Waals surface area (Å²) in [6.07, 6.45) is 2.28. The van der Waals surface area contributed by atoms with Crippen LogP contribution in [0.15, 0.2) is 109 Å². The van der Waals surface area contributed by atoms with E-state index in [9.17, 15) is 0 Å². The average Bonchev–Trinajstić information content (AvgIpc) is 2.85. The minimum atomic E-state index is 1.12. The van der Waals surface area contributed by atoms with Crippen molar-refractivity contribution in [1.82, 2.24) is 0 Å². The van der Waals surface area contributed by atoms with E-state index in [1.807, 2.05) is 0 Å². The Labute approximate surface area is 188 Å². The van der Waals surface area contributed by atoms with E-state index < -0.39 is 0 Å². The van der Waals surface area contributed by atoms with Crippen molar-refractivity contribution in [1.29, 1.82) is 0 Å². The van der Waals surface area contributed by atoms with Crippen LogP contribution in [0.25, 0.3) is 32.3 Å². The van der Waals surface area contributed by atoms with Crippen molar-refractivity contribution < 1.29 is 0 Å². The quantitative estimate of drug-likeness (QED) is 0.256. The molecule has 1 nitrogen and oxygen atoms in total. The van der Waals surface area contributed by atoms with Gasteiger partial charge in [-0.2, -0.15) is 0 Å². The van der Waals surface area contributed by atoms with Gasteiger partial charge in [0.05, 0.1) is 5.69 Å². The summed E-state index contributed by atoms with van der Waals surface area (Å²) in [4.78, 5) is 2.39. The molecule has 6 aromatic carbocycles. The molecule has 0 aliphatic rings. The van der Waals surface area contributed by atoms with Crippen LogP contribution in [0.5, 0.6) is 0 Å². The zero-order valence-electron chi connectivity index (χ0n) is 18.3. The van der Waals surface area contributed by atoms with Crippen LogP contribution in [0.3, 0.4) is 0 Å². The number of anilines is 3. The smallest absolute Gasteiger partial charge is 0.0540 e. The Bertz CT molecular complexity index is 1500. The molecule has 154 valence electrons. The van der Waals surface area contributed by atoms with Crippen LogP contribution in [0.1, 0.15) is 18.9 Å². The summed E-state index contributed by atoms with van der Waals surface area (Å²) in [6, 6.07) is 39.9. The number of rotatable bonds is 5. The minimum absolute atomic E-state index is 1.12. The molecule has 32 heavy (non-hydrogen) atoms. The van der Waals surface area contributed by atoms with Crippen LogP contribution in [0, 0.1) is 0 Å². The highest BCUT2D eigenvalue weighted by atomic mass is 15.1. The predicted molar refractivity (Wildman–Crippen MR) is 139 cm³/mol. The molecule has 6 rings (SSSR count). The van der Waals surface area contributed by atoms with Crippen molar-refractivity contribution in [3.05, 3.63) is 115 Å². The Hall–Kier alpha value is -3.84. The van der Waals surface area contributed by atoms with Crippen molar-refractivity contribution in [2.75, 3.05) is 4.90 Å². The summed E-state index contributed by atoms with van der Waals surface area (Å²) in [5.74, 6) is 0. The Morgan fingerprint density at radius 3 is 1.88 bits per heavy atom. The number of hydrogen-bond acceptors (Lipinski definition) is 1. The lowest BCUT2D eigenvalue weighted by atomic mass is 9.93. The van der Waals surface area contributed by atoms with Crippen LogP contribution in [0.4, 0.5) is 17.1 Å². The molecule has 0 atom stereocenters. The summed E-state index contributed by atoms with van der Waals surface area (Å²) in [7, 11) is 0. The van der Waals surface area contributed by atoms with Crippen molar-refractivity contribution >= 4 is 49.4 Å². The maximum atomic E-state index is 2.39. The number of hydrogen-bond donors (Lipinski definition) is 0. The molecule has 0 bridgehead atoms. The molecule has 0 unspecified atom stereocenters. The molecular formula is C31H25N. The van der Waals surface area contributed by atoms with Gasteiger partial charge in [-0.1, -0.05) is 92.2 Å². The molecule has 0 saturated carbocycles. The maximum Gasteiger partial charge on any atom is 0.0540 e. The second-order valence-electron chi connectivity index (χ2n) is 8.53. The Morgan fingerprint density at radius 2 is 1.16 bits per heavy atom. The highest BCUT2D eigenvalue weighted by Crippen LogP contribution is 2.43. The molecule has 1 heteroatoms. The van der Waals surface area contributed by atoms with Gasteiger partial charge in [-0.15, -0.1) is 0 Å². The second-order valence-corrected chi connectivity index (χ2v) is 8.53. The first-order valence-corrected chi connectivity index (χ1v) is 11.4. The molecule has 0 aliphatic carbocycles. The fourth-order valence-electron chi connectivity index (χ4n) is 5.02. The van der Waals surface area contributed by atoms with E-state index in [1.54, 1.807) is 0 Å². The lowest BCUT2D eigenvalue weighted by molar-refractivity contribution is 0.922. The number of benzene rings is 6. The topological polar surface area (TPSA) is 3.24 Å². The van der Waals surface area contributed by atoms with Gasteiger partial charge in [-0.3, -0.25) is 0 Å². The van der Waals surface area contributed by atoms with Gasteiger partial charge in [0.15, 0.2) is 0 Å². The lowest BCUT2D eigenvalue weighted by Crippen LogP contribution is -2.10. The van der Waals surface area contributed by atoms with E-state index in [1.165, 1.54) is 54.9 Å². The zero-order valence-corrected chi connectivity index (χ0v) is 18.3. The number of aryl methyl sites for hydroxylation is 1. The zero-order chi connectivity index (χ0) is 21.5. The summed E-state index contributed by atoms with van der Waals surface area (Å²) in [5, 5.41) is 7.88. The van der Waals surface area contributed by atoms with Crippen LogP contribution in [0.2, 0.25) is 0 Å². The largest absolute Gasteiger partial charge is 0.310 e. The van der Waals surface area contributed by atoms with Gasteiger partial charge in [0.1, 0.15) is 0 Å². The van der Waals surface area contributed by atoms with Crippen LogP contribution < -0.4 is 4.90 Å². The van der Waals surface area contributed by atoms with Crippen LogP contribution in [-0.2, 0) is 6.42 Å². The van der Waals surface area contributed by atoms with Gasteiger partial charge in [0, 0.05) is 16.8 Å². The third-order valence-corrected chi connectivity index (χ3v) is 6.49. The van der Waals surface area contributed by atoms with Gasteiger partial charge >= 0.3 is 0 Å². The highest BCUT2D eigenvalue weighted by Gasteiger charge is 2.17. The van der Waals surface area contributed by atoms with Crippen LogP contribution in [-0.4, -0.2) is 0 Å². The molecule has 0 aromatic heterocycles. The van der Waals surface area contributed by atoms with Gasteiger partial charge in [0.2, 0.25) is 0 Å². The van der Waals surface area contributed by atoms with E-state index in [-0.39, 0.29) is 0 Å². The van der Waals surface area contributed by atoms with Gasteiger partial charge in [-0.25, -0.2) is 0 Å². The number of nitrogens with zero attached hydrogens (tertiary/aromatic N) is 1. The number of para-hydroxylation sites is 1. The van der Waals surface area contributed by atoms with E-state index in [0.717, 1.165) is 12.8 Å². The lowest BCUT2D eigenvalue weighted by Gasteiger charge is -2.28. The first kappa shape index (κ1) is 18.9. The molecular weight excluding hydrogens is 386 g/mol. The van der Waals surface area contributed by atoms with E-state index in [2.05, 4.69) is 121 Å². The summed E-state index contributed by atoms with van der Waals surface area (Å²) in [5.41, 5.74) is 4.96. The van der Waals surface area contributed by atoms with E-state index >= 15 is 0 Å². The molecule has 0 saturated heterocycles. The molecule has 0 fully saturated rings. The predicted octanol–water partition coefficient (Wildman–Crippen LogP) is 9.01. The third kappa shape index (κ3) is 3.01. The fourth-order valence-corrected chi connectivity index (χ4v) is 5.02. The van der Waals surface area contributed by atoms with Gasteiger partial charge in [0.25, 0.3) is 0 Å². The molecule has 0 N–H and O–H groups in total. The summed E-state index contributed by atoms with van der Waals surface area (Å²) >= 11 is 0. The molecule has 0 aliphatic heterocycles.